The first-order valence-electron chi connectivity index (χ1n) is 46.6. The number of anilines is 6. The van der Waals surface area contributed by atoms with E-state index in [4.69, 9.17) is 49.4 Å². The number of alkyl halides is 15. The molecule has 0 bridgehead atoms. The van der Waals surface area contributed by atoms with Crippen LogP contribution in [0.15, 0.2) is 115 Å². The zero-order valence-corrected chi connectivity index (χ0v) is 93.2. The zero-order valence-electron chi connectivity index (χ0n) is 86.4. The average Bonchev–Trinajstić information content (AvgIpc) is 0.764. The molecule has 4 aromatic heterocycles. The number of likely N-dealkylation sites (tertiary alicyclic amines) is 2. The largest absolute Gasteiger partial charge is 0.419 e. The number of carbonyl (C=O) groups is 3. The van der Waals surface area contributed by atoms with E-state index in [-0.39, 0.29) is 113 Å². The van der Waals surface area contributed by atoms with Gasteiger partial charge in [-0.1, -0.05) is 0 Å². The van der Waals surface area contributed by atoms with Gasteiger partial charge in [0.1, 0.15) is 52.5 Å². The molecule has 0 aliphatic carbocycles. The number of ketones is 1. The number of amides is 2. The molecule has 9 aromatic rings. The van der Waals surface area contributed by atoms with E-state index in [1.807, 2.05) is 20.8 Å². The number of aliphatic hydroxyl groups is 1. The summed E-state index contributed by atoms with van der Waals surface area (Å²) in [7, 11) is 1.47. The van der Waals surface area contributed by atoms with Crippen LogP contribution in [0.2, 0.25) is 13.3 Å². The number of halogens is 22. The Kier molecular flexibility index (Phi) is 53.1. The maximum atomic E-state index is 14.8. The molecule has 27 nitrogen and oxygen atoms in total. The molecule has 0 radical (unpaired) electrons. The third-order valence-electron chi connectivity index (χ3n) is 23.4. The van der Waals surface area contributed by atoms with Crippen LogP contribution in [-0.4, -0.2) is 138 Å². The van der Waals surface area contributed by atoms with Gasteiger partial charge in [0.2, 0.25) is 11.8 Å². The first-order valence-corrected chi connectivity index (χ1v) is 57.3. The van der Waals surface area contributed by atoms with Crippen LogP contribution < -0.4 is 66.3 Å². The number of nitrogens with two attached hydrogens (primary N) is 7. The first kappa shape index (κ1) is 136. The zero-order chi connectivity index (χ0) is 115. The SMILES string of the molecule is C=[C](OCC)[Sn]([CH2]CCC)([CH2]CCC)[CH2]CCC.CC(=O)N1CCC(c2cc3c(=O)[nH]cnc3n(C)c2=O)CC1.CC(=O)N1CCC(c2cc3c(N[C@H](C)c4cc(N)cc(C(F)(F)F)c4F)ncnc3n(C)c2=O)CC1.CC(=O)c1cc(N)cc(C(F)(F)F)c1F.CC(C)(C)S(N)=O.CO.C[C@@H](N)c1cc(N)cc(C(F)(F)F)c1F.C[C@@H](NS(=O)C(C)(C)C)c1cc(N)cc(C(F)(F)F)c1F.Cl.Nc1cc(Br)c(F)c(C(F)(F)F)c1. The van der Waals surface area contributed by atoms with Gasteiger partial charge < -0.3 is 59.6 Å². The first-order chi connectivity index (χ1) is 68.6. The number of H-pyrrole nitrogens is 1. The van der Waals surface area contributed by atoms with Crippen molar-refractivity contribution in [3.05, 3.63) is 222 Å². The Bertz CT molecular complexity index is 6270. The number of ether oxygens (including phenoxy) is 1. The molecule has 2 saturated heterocycles. The quantitative estimate of drug-likeness (QED) is 0.00987. The summed E-state index contributed by atoms with van der Waals surface area (Å²) < 4.78 is 295. The number of nitrogens with one attached hydrogen (secondary N) is 3. The van der Waals surface area contributed by atoms with Gasteiger partial charge in [-0.05, 0) is 195 Å². The number of carbonyl (C=O) groups excluding carboxylic acids is 3. The number of piperidine rings is 2. The molecule has 2 aliphatic rings. The average molecular weight is 2390 g/mol. The van der Waals surface area contributed by atoms with E-state index in [0.29, 0.717) is 103 Å². The van der Waals surface area contributed by atoms with Crippen LogP contribution in [0.4, 0.5) is 122 Å². The second-order valence-electron chi connectivity index (χ2n) is 36.9. The number of rotatable bonds is 22. The van der Waals surface area contributed by atoms with Crippen LogP contribution in [0.1, 0.15) is 271 Å². The number of pyridine rings is 2. The molecule has 18 N–H and O–H groups in total. The van der Waals surface area contributed by atoms with Crippen LogP contribution in [-0.2, 0) is 81.3 Å². The molecule has 5 aromatic carbocycles. The number of hydrogen-bond donors (Lipinski definition) is 11. The summed E-state index contributed by atoms with van der Waals surface area (Å²) >= 11 is 0.391. The summed E-state index contributed by atoms with van der Waals surface area (Å²) in [5, 5.41) is 15.9. The predicted octanol–water partition coefficient (Wildman–Crippen LogP) is 22.5. The number of hydrogen-bond acceptors (Lipinski definition) is 20. The van der Waals surface area contributed by atoms with Crippen molar-refractivity contribution < 1.29 is 120 Å². The minimum absolute atomic E-state index is 0. The van der Waals surface area contributed by atoms with Crippen LogP contribution in [0.25, 0.3) is 22.1 Å². The number of benzene rings is 5. The monoisotopic (exact) mass is 2390 g/mol. The Hall–Kier alpha value is -10.3. The fourth-order valence-corrected chi connectivity index (χ4v) is 31.1. The van der Waals surface area contributed by atoms with E-state index in [0.717, 1.165) is 63.8 Å². The van der Waals surface area contributed by atoms with Gasteiger partial charge in [-0.25, -0.2) is 50.0 Å². The van der Waals surface area contributed by atoms with E-state index in [2.05, 4.69) is 80.2 Å². The molecule has 840 valence electrons. The summed E-state index contributed by atoms with van der Waals surface area (Å²) in [5.74, 6) is -7.64. The Morgan fingerprint density at radius 3 is 1.19 bits per heavy atom. The van der Waals surface area contributed by atoms with Gasteiger partial charge in [0.15, 0.2) is 5.78 Å². The van der Waals surface area contributed by atoms with E-state index in [9.17, 15) is 125 Å². The third-order valence-corrected chi connectivity index (χ3v) is 41.9. The van der Waals surface area contributed by atoms with E-state index < -0.39 is 162 Å². The fraction of sp³-hybridized carbons (Fsp3) is 0.500. The maximum Gasteiger partial charge on any atom is 0.419 e. The Balaban J connectivity index is 0.000000597. The van der Waals surface area contributed by atoms with Crippen LogP contribution in [0, 0.1) is 29.1 Å². The molecule has 11 rings (SSSR count). The van der Waals surface area contributed by atoms with E-state index in [1.54, 1.807) is 63.7 Å². The van der Waals surface area contributed by atoms with E-state index >= 15 is 0 Å². The standard InChI is InChI=1S/C24H26F4N6O2.C15H18N4O3.C13H18F4N2OS.C9H10F4N2.C9H7F4NO.C7H4BrF4N.C4H11NOS.C4H7O.3C4H9.CH4O.ClH.Sn/c1-12(16-8-15(29)9-19(20(16)25)24(26,27)28)32-21-18-10-17(14-4-6-34(7-5-14)13(2)35)23(36)33(3)22(18)31-11-30-21;1-9(20)19-5-3-10(4-6-19)11-7-12-13(18(2)15(11)22)16-8-17-14(12)21;1-7(19-21(20)12(2,3)4)9-5-8(18)6-10(11(9)14)13(15,16)17;1-4(14)6-2-5(15)3-7(8(6)10)9(11,12)13;1-4(15)6-2-5(14)3-7(8(6)10)9(11,12)13;8-5-2-3(13)1-4(6(5)9)7(10,11)12;1-4(2,3)7(5)6;1-3-5-4-2;3*1-3-4-2;1-2;;/h8-12,14H,4-7,29H2,1-3H3,(H,30,31,32);7-8,10H,3-6H2,1-2H3,(H,16,17,21);5-7,19H,18H2,1-4H3;2-4H,14-15H2,1H3;2-3H,14H2,1H3;1-2H,13H2;5H2,1-3H3;1,4H2,2H3;3*1,3-4H2,2H3;2H,1H3;1H;/t12-;;7-,21?;4-;;;;;;;;;;/m1.11........../s1. The van der Waals surface area contributed by atoms with Gasteiger partial charge in [-0.3, -0.25) is 43.0 Å². The number of nitrogens with zero attached hydrogens (tertiary/aromatic N) is 7. The second kappa shape index (κ2) is 58.7. The van der Waals surface area contributed by atoms with Crippen molar-refractivity contribution in [2.75, 3.05) is 73.9 Å². The van der Waals surface area contributed by atoms with Gasteiger partial charge in [-0.2, -0.15) is 65.9 Å². The molecule has 0 saturated carbocycles. The summed E-state index contributed by atoms with van der Waals surface area (Å²) in [5.41, 5.74) is 23.6. The Morgan fingerprint density at radius 1 is 0.520 bits per heavy atom. The number of nitrogen functional groups attached to an aromatic ring is 5. The van der Waals surface area contributed by atoms with Crippen molar-refractivity contribution in [1.82, 2.24) is 43.6 Å². The van der Waals surface area contributed by atoms with Crippen molar-refractivity contribution in [1.29, 1.82) is 0 Å². The van der Waals surface area contributed by atoms with Crippen LogP contribution in [0.3, 0.4) is 0 Å². The second-order valence-corrected chi connectivity index (χ2v) is 54.8. The normalized spacial score (nSPS) is 14.2. The third kappa shape index (κ3) is 39.4. The molecule has 2 aliphatic heterocycles. The minimum atomic E-state index is -4.90. The Morgan fingerprint density at radius 2 is 0.853 bits per heavy atom. The molecular weight excluding hydrogens is 2250 g/mol. The van der Waals surface area contributed by atoms with Gasteiger partial charge in [-0.15, -0.1) is 12.4 Å². The topological polar surface area (TPSA) is 443 Å². The molecule has 0 spiro atoms. The summed E-state index contributed by atoms with van der Waals surface area (Å²) in [4.78, 5) is 90.0. The van der Waals surface area contributed by atoms with Crippen LogP contribution >= 0.6 is 28.3 Å². The molecule has 6 heterocycles. The van der Waals surface area contributed by atoms with Crippen molar-refractivity contribution in [2.24, 2.45) is 25.0 Å². The molecule has 52 heteroatoms. The van der Waals surface area contributed by atoms with Crippen molar-refractivity contribution in [3.8, 4) is 0 Å². The van der Waals surface area contributed by atoms with Gasteiger partial charge in [0.25, 0.3) is 16.7 Å². The van der Waals surface area contributed by atoms with Crippen molar-refractivity contribution in [3.63, 3.8) is 0 Å². The number of Topliss-reactive ketones (excluding diaryl/α,β-unsaturated/α-hetero) is 1. The smallest absolute Gasteiger partial charge is 0.400 e. The number of fused-ring (bicyclic) bond motifs is 2. The van der Waals surface area contributed by atoms with Gasteiger partial charge in [0.05, 0.1) is 92.5 Å². The van der Waals surface area contributed by atoms with Gasteiger partial charge >= 0.3 is 150 Å². The number of unbranched alkanes of at least 4 members (excludes halogenated alkanes) is 3. The molecular formula is C98H133BrClF20N17O10S2Sn. The minimum Gasteiger partial charge on any atom is -0.400 e. The van der Waals surface area contributed by atoms with Crippen molar-refractivity contribution >= 4 is 143 Å². The van der Waals surface area contributed by atoms with Crippen molar-refractivity contribution in [2.45, 2.75) is 259 Å². The number of aliphatic hydroxyl groups excluding tert-OH is 1. The molecule has 5 atom stereocenters. The number of aryl methyl sites for hydroxylation is 2. The predicted molar refractivity (Wildman–Crippen MR) is 555 cm³/mol. The van der Waals surface area contributed by atoms with Gasteiger partial charge in [0, 0.05) is 130 Å². The number of aromatic nitrogens is 6. The van der Waals surface area contributed by atoms with E-state index in [1.165, 1.54) is 105 Å². The summed E-state index contributed by atoms with van der Waals surface area (Å²) in [6, 6.07) is 8.69. The fourth-order valence-electron chi connectivity index (χ4n) is 15.2. The Labute approximate surface area is 880 Å². The maximum absolute atomic E-state index is 14.8. The number of aromatic amines is 1. The molecule has 150 heavy (non-hydrogen) atoms. The summed E-state index contributed by atoms with van der Waals surface area (Å²) in [6.45, 7) is 35.5. The molecule has 2 unspecified atom stereocenters. The summed E-state index contributed by atoms with van der Waals surface area (Å²) in [6.07, 6.45) is -10.8. The molecule has 2 amide bonds. The van der Waals surface area contributed by atoms with Crippen LogP contribution in [0.5, 0.6) is 0 Å². The molecule has 2 fully saturated rings.